The molecule has 7 heteroatoms. The van der Waals surface area contributed by atoms with Gasteiger partial charge in [0.15, 0.2) is 0 Å². The van der Waals surface area contributed by atoms with Crippen molar-refractivity contribution in [3.05, 3.63) is 88.3 Å². The Kier molecular flexibility index (Phi) is 5.67. The van der Waals surface area contributed by atoms with Crippen molar-refractivity contribution in [2.24, 2.45) is 0 Å². The van der Waals surface area contributed by atoms with Gasteiger partial charge in [0.25, 0.3) is 11.5 Å². The number of amides is 1. The lowest BCUT2D eigenvalue weighted by atomic mass is 10.2. The lowest BCUT2D eigenvalue weighted by Gasteiger charge is -2.30. The van der Waals surface area contributed by atoms with E-state index in [1.807, 2.05) is 54.6 Å². The molecule has 0 aliphatic carbocycles. The maximum absolute atomic E-state index is 12.8. The van der Waals surface area contributed by atoms with Crippen molar-refractivity contribution < 1.29 is 9.53 Å². The monoisotopic (exact) mass is 390 g/mol. The Hall–Kier alpha value is -3.45. The molecule has 2 aromatic carbocycles. The number of carbonyl (C=O) groups is 1. The van der Waals surface area contributed by atoms with Gasteiger partial charge < -0.3 is 15.0 Å². The van der Waals surface area contributed by atoms with Gasteiger partial charge in [-0.2, -0.15) is 5.10 Å². The van der Waals surface area contributed by atoms with Crippen LogP contribution in [0.2, 0.25) is 0 Å². The van der Waals surface area contributed by atoms with Gasteiger partial charge in [0, 0.05) is 19.2 Å². The Bertz CT molecular complexity index is 1040. The highest BCUT2D eigenvalue weighted by atomic mass is 16.5. The zero-order chi connectivity index (χ0) is 20.1. The second kappa shape index (κ2) is 8.70. The summed E-state index contributed by atoms with van der Waals surface area (Å²) in [6, 6.07) is 20.0. The number of nitrogens with one attached hydrogen (secondary N) is 1. The molecule has 29 heavy (non-hydrogen) atoms. The molecule has 1 amide bonds. The molecule has 1 saturated heterocycles. The van der Waals surface area contributed by atoms with Gasteiger partial charge in [0.1, 0.15) is 5.69 Å². The molecule has 0 atom stereocenters. The molecule has 0 saturated carbocycles. The Morgan fingerprint density at radius 1 is 0.966 bits per heavy atom. The number of benzene rings is 2. The van der Waals surface area contributed by atoms with Gasteiger partial charge in [-0.15, -0.1) is 0 Å². The zero-order valence-corrected chi connectivity index (χ0v) is 16.0. The van der Waals surface area contributed by atoms with Crippen molar-refractivity contribution >= 4 is 17.3 Å². The number of aromatic nitrogens is 2. The first kappa shape index (κ1) is 18.9. The Balaban J connectivity index is 1.55. The second-order valence-corrected chi connectivity index (χ2v) is 6.77. The van der Waals surface area contributed by atoms with Crippen LogP contribution in [-0.4, -0.2) is 42.0 Å². The molecule has 1 aliphatic heterocycles. The van der Waals surface area contributed by atoms with Gasteiger partial charge in [-0.1, -0.05) is 42.5 Å². The van der Waals surface area contributed by atoms with Crippen LogP contribution in [0, 0.1) is 0 Å². The summed E-state index contributed by atoms with van der Waals surface area (Å²) in [5.74, 6) is -0.354. The van der Waals surface area contributed by atoms with Crippen LogP contribution in [0.25, 0.3) is 0 Å². The lowest BCUT2D eigenvalue weighted by Crippen LogP contribution is -2.36. The minimum Gasteiger partial charge on any atom is -0.378 e. The molecule has 0 radical (unpaired) electrons. The fraction of sp³-hybridized carbons (Fsp3) is 0.227. The molecule has 0 spiro atoms. The van der Waals surface area contributed by atoms with Gasteiger partial charge in [0.2, 0.25) is 0 Å². The van der Waals surface area contributed by atoms with Crippen LogP contribution in [0.4, 0.5) is 11.4 Å². The number of para-hydroxylation sites is 2. The third kappa shape index (κ3) is 4.52. The summed E-state index contributed by atoms with van der Waals surface area (Å²) < 4.78 is 6.72. The SMILES string of the molecule is O=C(Nc1ccccc1N1CCOCC1)c1ccc(=O)n(Cc2ccccc2)n1. The predicted molar refractivity (Wildman–Crippen MR) is 111 cm³/mol. The first-order valence-corrected chi connectivity index (χ1v) is 9.56. The molecule has 2 heterocycles. The molecule has 0 bridgehead atoms. The molecule has 3 aromatic rings. The molecule has 1 aromatic heterocycles. The minimum absolute atomic E-state index is 0.192. The summed E-state index contributed by atoms with van der Waals surface area (Å²) in [5.41, 5.74) is 2.54. The quantitative estimate of drug-likeness (QED) is 0.724. The van der Waals surface area contributed by atoms with Crippen molar-refractivity contribution in [2.45, 2.75) is 6.54 Å². The molecule has 148 valence electrons. The molecule has 1 aliphatic rings. The molecule has 0 unspecified atom stereocenters. The van der Waals surface area contributed by atoms with E-state index in [-0.39, 0.29) is 17.2 Å². The van der Waals surface area contributed by atoms with Gasteiger partial charge in [0.05, 0.1) is 31.1 Å². The van der Waals surface area contributed by atoms with E-state index in [0.717, 1.165) is 24.3 Å². The highest BCUT2D eigenvalue weighted by Crippen LogP contribution is 2.26. The number of hydrogen-bond donors (Lipinski definition) is 1. The lowest BCUT2D eigenvalue weighted by molar-refractivity contribution is 0.102. The van der Waals surface area contributed by atoms with E-state index in [2.05, 4.69) is 15.3 Å². The van der Waals surface area contributed by atoms with E-state index < -0.39 is 0 Å². The molecule has 1 fully saturated rings. The summed E-state index contributed by atoms with van der Waals surface area (Å²) >= 11 is 0. The van der Waals surface area contributed by atoms with Crippen molar-refractivity contribution in [3.63, 3.8) is 0 Å². The maximum Gasteiger partial charge on any atom is 0.276 e. The van der Waals surface area contributed by atoms with Gasteiger partial charge in [-0.25, -0.2) is 4.68 Å². The van der Waals surface area contributed by atoms with Crippen LogP contribution in [-0.2, 0) is 11.3 Å². The Morgan fingerprint density at radius 2 is 1.69 bits per heavy atom. The highest BCUT2D eigenvalue weighted by Gasteiger charge is 2.17. The van der Waals surface area contributed by atoms with Crippen LogP contribution < -0.4 is 15.8 Å². The van der Waals surface area contributed by atoms with E-state index in [4.69, 9.17) is 4.74 Å². The smallest absolute Gasteiger partial charge is 0.276 e. The fourth-order valence-corrected chi connectivity index (χ4v) is 3.29. The third-order valence-electron chi connectivity index (χ3n) is 4.78. The summed E-state index contributed by atoms with van der Waals surface area (Å²) in [5, 5.41) is 7.20. The summed E-state index contributed by atoms with van der Waals surface area (Å²) in [4.78, 5) is 27.2. The van der Waals surface area contributed by atoms with Gasteiger partial charge >= 0.3 is 0 Å². The zero-order valence-electron chi connectivity index (χ0n) is 16.0. The van der Waals surface area contributed by atoms with E-state index in [1.54, 1.807) is 0 Å². The minimum atomic E-state index is -0.354. The first-order valence-electron chi connectivity index (χ1n) is 9.56. The topological polar surface area (TPSA) is 76.5 Å². The van der Waals surface area contributed by atoms with Crippen molar-refractivity contribution in [3.8, 4) is 0 Å². The normalized spacial score (nSPS) is 13.9. The number of ether oxygens (including phenoxy) is 1. The Morgan fingerprint density at radius 3 is 2.48 bits per heavy atom. The van der Waals surface area contributed by atoms with Crippen LogP contribution in [0.5, 0.6) is 0 Å². The van der Waals surface area contributed by atoms with E-state index in [1.165, 1.54) is 16.8 Å². The summed E-state index contributed by atoms with van der Waals surface area (Å²) in [6.07, 6.45) is 0. The van der Waals surface area contributed by atoms with E-state index >= 15 is 0 Å². The van der Waals surface area contributed by atoms with Crippen molar-refractivity contribution in [2.75, 3.05) is 36.5 Å². The summed E-state index contributed by atoms with van der Waals surface area (Å²) in [7, 11) is 0. The standard InChI is InChI=1S/C22H22N4O3/c27-21-11-10-19(24-26(21)16-17-6-2-1-3-7-17)22(28)23-18-8-4-5-9-20(18)25-12-14-29-15-13-25/h1-11H,12-16H2,(H,23,28). The van der Waals surface area contributed by atoms with Crippen molar-refractivity contribution in [1.29, 1.82) is 0 Å². The largest absolute Gasteiger partial charge is 0.378 e. The number of rotatable bonds is 5. The molecular weight excluding hydrogens is 368 g/mol. The maximum atomic E-state index is 12.8. The van der Waals surface area contributed by atoms with Crippen LogP contribution in [0.1, 0.15) is 16.1 Å². The number of nitrogens with zero attached hydrogens (tertiary/aromatic N) is 3. The number of morpholine rings is 1. The molecule has 1 N–H and O–H groups in total. The average Bonchev–Trinajstić information content (AvgIpc) is 2.77. The number of hydrogen-bond acceptors (Lipinski definition) is 5. The number of anilines is 2. The fourth-order valence-electron chi connectivity index (χ4n) is 3.29. The van der Waals surface area contributed by atoms with Crippen LogP contribution >= 0.6 is 0 Å². The van der Waals surface area contributed by atoms with Crippen LogP contribution in [0.3, 0.4) is 0 Å². The first-order chi connectivity index (χ1) is 14.2. The molecular formula is C22H22N4O3. The number of carbonyl (C=O) groups excluding carboxylic acids is 1. The van der Waals surface area contributed by atoms with Gasteiger partial charge in [-0.05, 0) is 23.8 Å². The van der Waals surface area contributed by atoms with Crippen molar-refractivity contribution in [1.82, 2.24) is 9.78 Å². The molecule has 7 nitrogen and oxygen atoms in total. The highest BCUT2D eigenvalue weighted by molar-refractivity contribution is 6.04. The predicted octanol–water partition coefficient (Wildman–Crippen LogP) is 2.38. The van der Waals surface area contributed by atoms with Crippen LogP contribution in [0.15, 0.2) is 71.5 Å². The summed E-state index contributed by atoms with van der Waals surface area (Å²) in [6.45, 7) is 3.17. The molecule has 4 rings (SSSR count). The Labute approximate surface area is 168 Å². The van der Waals surface area contributed by atoms with E-state index in [9.17, 15) is 9.59 Å². The average molecular weight is 390 g/mol. The van der Waals surface area contributed by atoms with Gasteiger partial charge in [-0.3, -0.25) is 9.59 Å². The second-order valence-electron chi connectivity index (χ2n) is 6.77. The third-order valence-corrected chi connectivity index (χ3v) is 4.78. The van der Waals surface area contributed by atoms with E-state index in [0.29, 0.717) is 25.4 Å².